The lowest BCUT2D eigenvalue weighted by molar-refractivity contribution is 0.289. The van der Waals surface area contributed by atoms with Crippen LogP contribution in [0.3, 0.4) is 0 Å². The highest BCUT2D eigenvalue weighted by Crippen LogP contribution is 2.43. The van der Waals surface area contributed by atoms with E-state index in [1.54, 1.807) is 6.92 Å². The van der Waals surface area contributed by atoms with Crippen LogP contribution in [0.25, 0.3) is 33.4 Å². The Hall–Kier alpha value is -4.47. The topological polar surface area (TPSA) is 114 Å². The van der Waals surface area contributed by atoms with Crippen LogP contribution in [0.15, 0.2) is 99.0 Å². The van der Waals surface area contributed by atoms with Gasteiger partial charge in [-0.3, -0.25) is 9.35 Å². The zero-order valence-corrected chi connectivity index (χ0v) is 20.8. The van der Waals surface area contributed by atoms with E-state index in [1.807, 2.05) is 30.3 Å². The summed E-state index contributed by atoms with van der Waals surface area (Å²) < 4.78 is 59.7. The summed E-state index contributed by atoms with van der Waals surface area (Å²) in [5.74, 6) is -0.959. The van der Waals surface area contributed by atoms with E-state index in [0.29, 0.717) is 11.1 Å². The first kappa shape index (κ1) is 25.2. The molecule has 0 atom stereocenters. The Kier molecular flexibility index (Phi) is 6.48. The zero-order chi connectivity index (χ0) is 27.0. The number of aryl methyl sites for hydroxylation is 1. The molecule has 0 unspecified atom stereocenters. The molecule has 0 spiro atoms. The van der Waals surface area contributed by atoms with Crippen LogP contribution in [0.1, 0.15) is 11.1 Å². The molecule has 0 aliphatic carbocycles. The largest absolute Gasteiger partial charge is 0.502 e. The van der Waals surface area contributed by atoms with Gasteiger partial charge in [-0.05, 0) is 48.9 Å². The minimum Gasteiger partial charge on any atom is -0.502 e. The van der Waals surface area contributed by atoms with Crippen molar-refractivity contribution in [1.82, 2.24) is 0 Å². The number of phenols is 1. The number of rotatable bonds is 6. The third-order valence-electron chi connectivity index (χ3n) is 6.01. The third kappa shape index (κ3) is 4.89. The van der Waals surface area contributed by atoms with Gasteiger partial charge in [0.15, 0.2) is 16.8 Å². The van der Waals surface area contributed by atoms with Gasteiger partial charge >= 0.3 is 0 Å². The molecule has 0 saturated carbocycles. The molecule has 0 aliphatic heterocycles. The molecule has 1 heterocycles. The summed E-state index contributed by atoms with van der Waals surface area (Å²) in [6, 6.07) is 21.1. The molecule has 4 aromatic carbocycles. The number of fused-ring (bicyclic) bond motifs is 1. The zero-order valence-electron chi connectivity index (χ0n) is 20.0. The molecule has 9 heteroatoms. The first-order valence-corrected chi connectivity index (χ1v) is 12.9. The molecule has 0 fully saturated rings. The van der Waals surface area contributed by atoms with Gasteiger partial charge in [0, 0.05) is 22.8 Å². The Morgan fingerprint density at radius 1 is 0.921 bits per heavy atom. The molecule has 0 aliphatic rings. The molecule has 7 nitrogen and oxygen atoms in total. The summed E-state index contributed by atoms with van der Waals surface area (Å²) in [7, 11) is -4.68. The number of phenolic OH excluding ortho intramolecular Hbond substituents is 1. The van der Waals surface area contributed by atoms with E-state index < -0.39 is 32.0 Å². The quantitative estimate of drug-likeness (QED) is 0.254. The molecule has 1 aromatic heterocycles. The summed E-state index contributed by atoms with van der Waals surface area (Å²) in [6.45, 7) is 1.78. The Bertz CT molecular complexity index is 1830. The van der Waals surface area contributed by atoms with E-state index in [0.717, 1.165) is 5.56 Å². The fourth-order valence-electron chi connectivity index (χ4n) is 4.19. The third-order valence-corrected chi connectivity index (χ3v) is 6.92. The van der Waals surface area contributed by atoms with Gasteiger partial charge in [0.1, 0.15) is 23.1 Å². The van der Waals surface area contributed by atoms with Crippen LogP contribution >= 0.6 is 0 Å². The van der Waals surface area contributed by atoms with Crippen molar-refractivity contribution in [3.8, 4) is 33.9 Å². The summed E-state index contributed by atoms with van der Waals surface area (Å²) in [6.07, 6.45) is 0. The van der Waals surface area contributed by atoms with Crippen molar-refractivity contribution in [1.29, 1.82) is 0 Å². The average Bonchev–Trinajstić information content (AvgIpc) is 2.88. The molecule has 5 aromatic rings. The van der Waals surface area contributed by atoms with Crippen LogP contribution in [0.2, 0.25) is 0 Å². The van der Waals surface area contributed by atoms with Gasteiger partial charge in [0.2, 0.25) is 5.75 Å². The number of ether oxygens (including phenoxy) is 1. The second kappa shape index (κ2) is 9.77. The predicted octanol–water partition coefficient (Wildman–Crippen LogP) is 6.11. The Morgan fingerprint density at radius 3 is 2.32 bits per heavy atom. The fraction of sp³-hybridized carbons (Fsp3) is 0.0690. The predicted molar refractivity (Wildman–Crippen MR) is 140 cm³/mol. The highest BCUT2D eigenvalue weighted by molar-refractivity contribution is 7.86. The molecule has 0 amide bonds. The smallest absolute Gasteiger partial charge is 0.295 e. The lowest BCUT2D eigenvalue weighted by atomic mass is 9.97. The summed E-state index contributed by atoms with van der Waals surface area (Å²) in [5.41, 5.74) is 1.11. The van der Waals surface area contributed by atoms with Crippen molar-refractivity contribution in [3.05, 3.63) is 112 Å². The number of halogens is 1. The first-order valence-electron chi connectivity index (χ1n) is 11.5. The maximum absolute atomic E-state index is 13.5. The van der Waals surface area contributed by atoms with Gasteiger partial charge in [0.25, 0.3) is 10.1 Å². The van der Waals surface area contributed by atoms with Crippen molar-refractivity contribution in [2.45, 2.75) is 18.4 Å². The van der Waals surface area contributed by atoms with E-state index in [2.05, 4.69) is 0 Å². The molecule has 0 bridgehead atoms. The number of hydrogen-bond donors (Lipinski definition) is 2. The van der Waals surface area contributed by atoms with Crippen molar-refractivity contribution in [2.24, 2.45) is 0 Å². The van der Waals surface area contributed by atoms with Crippen LogP contribution in [-0.2, 0) is 16.7 Å². The van der Waals surface area contributed by atoms with Gasteiger partial charge in [-0.2, -0.15) is 8.42 Å². The average molecular weight is 533 g/mol. The minimum atomic E-state index is -4.68. The van der Waals surface area contributed by atoms with E-state index >= 15 is 0 Å². The van der Waals surface area contributed by atoms with Crippen molar-refractivity contribution in [3.63, 3.8) is 0 Å². The van der Waals surface area contributed by atoms with Crippen molar-refractivity contribution < 1.29 is 31.6 Å². The molecule has 0 saturated heterocycles. The second-order valence-corrected chi connectivity index (χ2v) is 10.1. The Labute approximate surface area is 217 Å². The highest BCUT2D eigenvalue weighted by atomic mass is 32.2. The number of benzene rings is 4. The first-order chi connectivity index (χ1) is 18.1. The van der Waals surface area contributed by atoms with Gasteiger partial charge in [-0.25, -0.2) is 4.39 Å². The summed E-state index contributed by atoms with van der Waals surface area (Å²) >= 11 is 0. The van der Waals surface area contributed by atoms with Gasteiger partial charge in [-0.1, -0.05) is 48.0 Å². The van der Waals surface area contributed by atoms with E-state index in [1.165, 1.54) is 54.6 Å². The number of aromatic hydroxyl groups is 1. The molecule has 2 N–H and O–H groups in total. The minimum absolute atomic E-state index is 0.0314. The molecular formula is C29H21FO7S. The molecular weight excluding hydrogens is 511 g/mol. The van der Waals surface area contributed by atoms with Gasteiger partial charge in [-0.15, -0.1) is 0 Å². The maximum Gasteiger partial charge on any atom is 0.295 e. The number of hydrogen-bond acceptors (Lipinski definition) is 6. The van der Waals surface area contributed by atoms with Gasteiger partial charge < -0.3 is 14.3 Å². The van der Waals surface area contributed by atoms with E-state index in [4.69, 9.17) is 9.15 Å². The van der Waals surface area contributed by atoms with Crippen LogP contribution in [0, 0.1) is 12.7 Å². The van der Waals surface area contributed by atoms with Crippen molar-refractivity contribution >= 4 is 21.1 Å². The monoisotopic (exact) mass is 532 g/mol. The fourth-order valence-corrected chi connectivity index (χ4v) is 4.88. The van der Waals surface area contributed by atoms with Gasteiger partial charge in [0.05, 0.1) is 5.39 Å². The lowest BCUT2D eigenvalue weighted by Gasteiger charge is -2.16. The SMILES string of the molecule is Cc1ccc(S(=O)(=O)O)c(-c2cc(OCc3ccccc3)c(O)c3oc(-c4ccc(F)cc4)cc(=O)c23)c1. The Morgan fingerprint density at radius 2 is 1.63 bits per heavy atom. The molecule has 192 valence electrons. The summed E-state index contributed by atoms with van der Waals surface area (Å²) in [4.78, 5) is 13.0. The summed E-state index contributed by atoms with van der Waals surface area (Å²) in [5, 5.41) is 11.0. The maximum atomic E-state index is 13.5. The van der Waals surface area contributed by atoms with E-state index in [-0.39, 0.29) is 40.2 Å². The van der Waals surface area contributed by atoms with Crippen molar-refractivity contribution in [2.75, 3.05) is 0 Å². The normalized spacial score (nSPS) is 11.6. The Balaban J connectivity index is 1.80. The van der Waals surface area contributed by atoms with E-state index in [9.17, 15) is 27.3 Å². The van der Waals surface area contributed by atoms with Crippen LogP contribution in [0.5, 0.6) is 11.5 Å². The standard InChI is InChI=1S/C29H21FO7S/c1-17-7-12-26(38(33,34)35)21(13-17)22-14-25(36-16-18-5-3-2-4-6-18)28(32)29-27(22)23(31)15-24(37-29)19-8-10-20(30)11-9-19/h2-15,32H,16H2,1H3,(H,33,34,35). The van der Waals surface area contributed by atoms with Crippen LogP contribution < -0.4 is 10.2 Å². The highest BCUT2D eigenvalue weighted by Gasteiger charge is 2.25. The van der Waals surface area contributed by atoms with Crippen LogP contribution in [0.4, 0.5) is 4.39 Å². The van der Waals surface area contributed by atoms with Crippen LogP contribution in [-0.4, -0.2) is 18.1 Å². The molecule has 0 radical (unpaired) electrons. The lowest BCUT2D eigenvalue weighted by Crippen LogP contribution is -2.07. The molecule has 38 heavy (non-hydrogen) atoms. The second-order valence-electron chi connectivity index (χ2n) is 8.71. The molecule has 5 rings (SSSR count).